The fourth-order valence-corrected chi connectivity index (χ4v) is 4.40. The minimum absolute atomic E-state index is 0.0185. The SMILES string of the molecule is CN(C)c1ccc(OC2CCN(C(=O)CSC3CCCC3)C2)nn1. The summed E-state index contributed by atoms with van der Waals surface area (Å²) >= 11 is 1.83. The second kappa shape index (κ2) is 8.05. The smallest absolute Gasteiger partial charge is 0.233 e. The van der Waals surface area contributed by atoms with Crippen LogP contribution in [-0.4, -0.2) is 65.3 Å². The van der Waals surface area contributed by atoms with Crippen molar-refractivity contribution in [1.82, 2.24) is 15.1 Å². The second-order valence-corrected chi connectivity index (χ2v) is 8.00. The molecule has 6 nitrogen and oxygen atoms in total. The quantitative estimate of drug-likeness (QED) is 0.784. The number of anilines is 1. The molecule has 3 rings (SSSR count). The highest BCUT2D eigenvalue weighted by Crippen LogP contribution is 2.29. The average molecular weight is 350 g/mol. The Bertz CT molecular complexity index is 546. The molecule has 1 aliphatic heterocycles. The lowest BCUT2D eigenvalue weighted by molar-refractivity contribution is -0.127. The monoisotopic (exact) mass is 350 g/mol. The minimum atomic E-state index is 0.0185. The molecule has 0 radical (unpaired) electrons. The van der Waals surface area contributed by atoms with Gasteiger partial charge in [-0.25, -0.2) is 0 Å². The molecule has 1 aromatic heterocycles. The summed E-state index contributed by atoms with van der Waals surface area (Å²) in [5, 5.41) is 8.90. The van der Waals surface area contributed by atoms with Gasteiger partial charge in [0, 0.05) is 38.4 Å². The van der Waals surface area contributed by atoms with E-state index < -0.39 is 0 Å². The normalized spacial score (nSPS) is 21.2. The van der Waals surface area contributed by atoms with E-state index in [9.17, 15) is 4.79 Å². The number of thioether (sulfide) groups is 1. The molecule has 0 bridgehead atoms. The Morgan fingerprint density at radius 1 is 1.29 bits per heavy atom. The summed E-state index contributed by atoms with van der Waals surface area (Å²) in [4.78, 5) is 16.2. The van der Waals surface area contributed by atoms with E-state index in [1.807, 2.05) is 47.8 Å². The predicted molar refractivity (Wildman–Crippen MR) is 96.7 cm³/mol. The van der Waals surface area contributed by atoms with Gasteiger partial charge in [0.2, 0.25) is 11.8 Å². The van der Waals surface area contributed by atoms with E-state index in [0.717, 1.165) is 18.8 Å². The van der Waals surface area contributed by atoms with Crippen molar-refractivity contribution in [1.29, 1.82) is 0 Å². The fraction of sp³-hybridized carbons (Fsp3) is 0.706. The van der Waals surface area contributed by atoms with Crippen molar-refractivity contribution < 1.29 is 9.53 Å². The summed E-state index contributed by atoms with van der Waals surface area (Å²) in [6, 6.07) is 3.72. The molecule has 1 saturated heterocycles. The molecule has 0 aromatic carbocycles. The Balaban J connectivity index is 1.43. The average Bonchev–Trinajstić information content (AvgIpc) is 3.25. The molecule has 1 unspecified atom stereocenters. The molecule has 0 spiro atoms. The van der Waals surface area contributed by atoms with Crippen LogP contribution in [0.2, 0.25) is 0 Å². The number of rotatable bonds is 6. The van der Waals surface area contributed by atoms with Crippen molar-refractivity contribution in [2.75, 3.05) is 37.8 Å². The Morgan fingerprint density at radius 2 is 2.08 bits per heavy atom. The lowest BCUT2D eigenvalue weighted by atomic mass is 10.3. The van der Waals surface area contributed by atoms with Gasteiger partial charge in [0.1, 0.15) is 6.10 Å². The number of carbonyl (C=O) groups excluding carboxylic acids is 1. The fourth-order valence-electron chi connectivity index (χ4n) is 3.17. The van der Waals surface area contributed by atoms with Crippen molar-refractivity contribution >= 4 is 23.5 Å². The lowest BCUT2D eigenvalue weighted by Gasteiger charge is -2.18. The molecule has 0 N–H and O–H groups in total. The van der Waals surface area contributed by atoms with Gasteiger partial charge in [-0.3, -0.25) is 4.79 Å². The van der Waals surface area contributed by atoms with E-state index >= 15 is 0 Å². The van der Waals surface area contributed by atoms with Gasteiger partial charge in [-0.15, -0.1) is 22.0 Å². The van der Waals surface area contributed by atoms with Crippen LogP contribution in [0.25, 0.3) is 0 Å². The zero-order valence-corrected chi connectivity index (χ0v) is 15.3. The highest BCUT2D eigenvalue weighted by molar-refractivity contribution is 8.00. The first-order chi connectivity index (χ1) is 11.6. The summed E-state index contributed by atoms with van der Waals surface area (Å²) in [5.74, 6) is 2.18. The number of amides is 1. The third-order valence-corrected chi connectivity index (χ3v) is 5.97. The molecule has 2 fully saturated rings. The highest BCUT2D eigenvalue weighted by Gasteiger charge is 2.28. The summed E-state index contributed by atoms with van der Waals surface area (Å²) < 4.78 is 5.88. The van der Waals surface area contributed by atoms with Crippen LogP contribution in [0.1, 0.15) is 32.1 Å². The summed E-state index contributed by atoms with van der Waals surface area (Å²) in [6.45, 7) is 1.43. The molecule has 24 heavy (non-hydrogen) atoms. The van der Waals surface area contributed by atoms with E-state index in [2.05, 4.69) is 10.2 Å². The van der Waals surface area contributed by atoms with E-state index in [4.69, 9.17) is 4.74 Å². The van der Waals surface area contributed by atoms with Crippen molar-refractivity contribution in [3.8, 4) is 5.88 Å². The van der Waals surface area contributed by atoms with Gasteiger partial charge in [-0.1, -0.05) is 12.8 Å². The zero-order valence-electron chi connectivity index (χ0n) is 14.5. The van der Waals surface area contributed by atoms with E-state index in [0.29, 0.717) is 23.4 Å². The van der Waals surface area contributed by atoms with Crippen molar-refractivity contribution in [2.45, 2.75) is 43.5 Å². The molecule has 2 aliphatic rings. The first kappa shape index (κ1) is 17.3. The number of hydrogen-bond acceptors (Lipinski definition) is 6. The standard InChI is InChI=1S/C17H26N4O2S/c1-20(2)15-7-8-16(19-18-15)23-13-9-10-21(11-13)17(22)12-24-14-5-3-4-6-14/h7-8,13-14H,3-6,9-12H2,1-2H3. The van der Waals surface area contributed by atoms with Crippen LogP contribution in [0.3, 0.4) is 0 Å². The molecule has 2 heterocycles. The third-order valence-electron chi connectivity index (χ3n) is 4.61. The molecule has 1 aliphatic carbocycles. The second-order valence-electron chi connectivity index (χ2n) is 6.71. The number of hydrogen-bond donors (Lipinski definition) is 0. The largest absolute Gasteiger partial charge is 0.471 e. The van der Waals surface area contributed by atoms with Gasteiger partial charge < -0.3 is 14.5 Å². The van der Waals surface area contributed by atoms with E-state index in [1.54, 1.807) is 0 Å². The molecular weight excluding hydrogens is 324 g/mol. The zero-order chi connectivity index (χ0) is 16.9. The van der Waals surface area contributed by atoms with E-state index in [1.165, 1.54) is 25.7 Å². The number of nitrogens with zero attached hydrogens (tertiary/aromatic N) is 4. The van der Waals surface area contributed by atoms with Gasteiger partial charge >= 0.3 is 0 Å². The van der Waals surface area contributed by atoms with Gasteiger partial charge in [0.15, 0.2) is 5.82 Å². The number of aromatic nitrogens is 2. The topological polar surface area (TPSA) is 58.6 Å². The maximum atomic E-state index is 12.3. The molecule has 1 atom stereocenters. The van der Waals surface area contributed by atoms with Crippen LogP contribution in [0.4, 0.5) is 5.82 Å². The maximum absolute atomic E-state index is 12.3. The predicted octanol–water partition coefficient (Wildman–Crippen LogP) is 2.20. The van der Waals surface area contributed by atoms with Crippen molar-refractivity contribution in [3.05, 3.63) is 12.1 Å². The molecule has 1 saturated carbocycles. The first-order valence-corrected chi connectivity index (χ1v) is 9.74. The number of likely N-dealkylation sites (tertiary alicyclic amines) is 1. The summed E-state index contributed by atoms with van der Waals surface area (Å²) in [5.41, 5.74) is 0. The Labute approximate surface area is 147 Å². The molecule has 7 heteroatoms. The Kier molecular flexibility index (Phi) is 5.81. The lowest BCUT2D eigenvalue weighted by Crippen LogP contribution is -2.32. The van der Waals surface area contributed by atoms with Gasteiger partial charge in [0.25, 0.3) is 0 Å². The molecule has 1 aromatic rings. The third kappa shape index (κ3) is 4.53. The Hall–Kier alpha value is -1.50. The minimum Gasteiger partial charge on any atom is -0.471 e. The van der Waals surface area contributed by atoms with Gasteiger partial charge in [0.05, 0.1) is 12.3 Å². The summed E-state index contributed by atoms with van der Waals surface area (Å²) in [7, 11) is 3.85. The molecular formula is C17H26N4O2S. The molecule has 132 valence electrons. The van der Waals surface area contributed by atoms with Crippen LogP contribution in [0.5, 0.6) is 5.88 Å². The number of ether oxygens (including phenoxy) is 1. The van der Waals surface area contributed by atoms with Crippen molar-refractivity contribution in [2.24, 2.45) is 0 Å². The number of carbonyl (C=O) groups is 1. The van der Waals surface area contributed by atoms with Crippen LogP contribution in [-0.2, 0) is 4.79 Å². The van der Waals surface area contributed by atoms with E-state index in [-0.39, 0.29) is 12.0 Å². The molecule has 1 amide bonds. The van der Waals surface area contributed by atoms with Crippen LogP contribution in [0, 0.1) is 0 Å². The van der Waals surface area contributed by atoms with Gasteiger partial charge in [-0.05, 0) is 18.9 Å². The van der Waals surface area contributed by atoms with Crippen LogP contribution < -0.4 is 9.64 Å². The summed E-state index contributed by atoms with van der Waals surface area (Å²) in [6.07, 6.45) is 6.05. The van der Waals surface area contributed by atoms with Crippen molar-refractivity contribution in [3.63, 3.8) is 0 Å². The van der Waals surface area contributed by atoms with Gasteiger partial charge in [-0.2, -0.15) is 0 Å². The van der Waals surface area contributed by atoms with Crippen LogP contribution in [0.15, 0.2) is 12.1 Å². The first-order valence-electron chi connectivity index (χ1n) is 8.69. The Morgan fingerprint density at radius 3 is 2.75 bits per heavy atom. The van der Waals surface area contributed by atoms with Crippen LogP contribution >= 0.6 is 11.8 Å². The highest BCUT2D eigenvalue weighted by atomic mass is 32.2. The maximum Gasteiger partial charge on any atom is 0.233 e.